The highest BCUT2D eigenvalue weighted by Gasteiger charge is 2.29. The summed E-state index contributed by atoms with van der Waals surface area (Å²) in [5, 5.41) is 7.01. The maximum absolute atomic E-state index is 12.8. The molecule has 1 saturated heterocycles. The van der Waals surface area contributed by atoms with Crippen LogP contribution in [-0.2, 0) is 0 Å². The van der Waals surface area contributed by atoms with Gasteiger partial charge in [-0.1, -0.05) is 26.0 Å². The van der Waals surface area contributed by atoms with Crippen molar-refractivity contribution in [2.24, 2.45) is 0 Å². The second kappa shape index (κ2) is 6.59. The van der Waals surface area contributed by atoms with Gasteiger partial charge in [0.2, 0.25) is 0 Å². The number of carbonyl (C=O) groups is 1. The highest BCUT2D eigenvalue weighted by molar-refractivity contribution is 5.95. The minimum Gasteiger partial charge on any atom is -0.440 e. The Bertz CT molecular complexity index is 932. The molecule has 1 aromatic carbocycles. The first kappa shape index (κ1) is 16.8. The molecule has 0 saturated carbocycles. The second-order valence-electron chi connectivity index (χ2n) is 7.39. The van der Waals surface area contributed by atoms with E-state index in [1.165, 1.54) is 0 Å². The van der Waals surface area contributed by atoms with E-state index in [1.54, 1.807) is 6.20 Å². The van der Waals surface area contributed by atoms with Crippen LogP contribution in [0.5, 0.6) is 0 Å². The zero-order valence-electron chi connectivity index (χ0n) is 15.5. The molecule has 0 unspecified atom stereocenters. The van der Waals surface area contributed by atoms with Crippen molar-refractivity contribution in [3.63, 3.8) is 0 Å². The smallest absolute Gasteiger partial charge is 0.257 e. The molecular weight excluding hydrogens is 328 g/mol. The Morgan fingerprint density at radius 3 is 2.77 bits per heavy atom. The van der Waals surface area contributed by atoms with Crippen molar-refractivity contribution >= 4 is 17.0 Å². The number of para-hydroxylation sites is 1. The van der Waals surface area contributed by atoms with Crippen LogP contribution < -0.4 is 0 Å². The van der Waals surface area contributed by atoms with Gasteiger partial charge < -0.3 is 9.32 Å². The number of carbonyl (C=O) groups excluding carboxylic acids is 1. The van der Waals surface area contributed by atoms with Crippen LogP contribution in [-0.4, -0.2) is 39.1 Å². The quantitative estimate of drug-likeness (QED) is 0.773. The standard InChI is InChI=1S/C20H24N4O2/c1-12(2)17-15(11-21-23-17)20(25)24-9-7-14(8-10-24)19-22-16-6-4-5-13(3)18(16)26-19/h4-6,11-12,14H,7-10H2,1-3H3,(H,21,23). The van der Waals surface area contributed by atoms with Gasteiger partial charge in [-0.05, 0) is 37.3 Å². The van der Waals surface area contributed by atoms with E-state index in [-0.39, 0.29) is 17.7 Å². The van der Waals surface area contributed by atoms with Crippen LogP contribution in [0.1, 0.15) is 66.0 Å². The molecule has 1 amide bonds. The van der Waals surface area contributed by atoms with Crippen LogP contribution in [0.15, 0.2) is 28.8 Å². The van der Waals surface area contributed by atoms with Crippen LogP contribution in [0, 0.1) is 6.92 Å². The van der Waals surface area contributed by atoms with Gasteiger partial charge in [0, 0.05) is 19.0 Å². The van der Waals surface area contributed by atoms with Crippen molar-refractivity contribution in [2.45, 2.75) is 45.4 Å². The largest absolute Gasteiger partial charge is 0.440 e. The Balaban J connectivity index is 1.47. The number of aryl methyl sites for hydroxylation is 1. The van der Waals surface area contributed by atoms with E-state index in [0.717, 1.165) is 41.1 Å². The average molecular weight is 352 g/mol. The normalized spacial score (nSPS) is 15.9. The third-order valence-corrected chi connectivity index (χ3v) is 5.24. The van der Waals surface area contributed by atoms with Gasteiger partial charge in [-0.3, -0.25) is 9.89 Å². The van der Waals surface area contributed by atoms with E-state index in [1.807, 2.05) is 30.0 Å². The highest BCUT2D eigenvalue weighted by Crippen LogP contribution is 2.31. The van der Waals surface area contributed by atoms with Gasteiger partial charge in [-0.25, -0.2) is 4.98 Å². The molecule has 6 heteroatoms. The fourth-order valence-electron chi connectivity index (χ4n) is 3.69. The summed E-state index contributed by atoms with van der Waals surface area (Å²) in [6, 6.07) is 6.03. The molecule has 1 aliphatic rings. The molecule has 6 nitrogen and oxygen atoms in total. The van der Waals surface area contributed by atoms with Gasteiger partial charge in [-0.2, -0.15) is 5.10 Å². The van der Waals surface area contributed by atoms with Gasteiger partial charge in [0.05, 0.1) is 17.5 Å². The van der Waals surface area contributed by atoms with Crippen molar-refractivity contribution in [3.8, 4) is 0 Å². The molecule has 1 N–H and O–H groups in total. The zero-order valence-corrected chi connectivity index (χ0v) is 15.5. The number of hydrogen-bond donors (Lipinski definition) is 1. The molecule has 3 heterocycles. The Morgan fingerprint density at radius 1 is 1.31 bits per heavy atom. The maximum Gasteiger partial charge on any atom is 0.257 e. The molecule has 1 aliphatic heterocycles. The van der Waals surface area contributed by atoms with Crippen LogP contribution in [0.2, 0.25) is 0 Å². The lowest BCUT2D eigenvalue weighted by molar-refractivity contribution is 0.0705. The number of benzene rings is 1. The summed E-state index contributed by atoms with van der Waals surface area (Å²) in [5.74, 6) is 1.37. The number of piperidine rings is 1. The summed E-state index contributed by atoms with van der Waals surface area (Å²) >= 11 is 0. The van der Waals surface area contributed by atoms with Crippen molar-refractivity contribution in [1.29, 1.82) is 0 Å². The molecule has 0 bridgehead atoms. The minimum atomic E-state index is 0.0642. The fourth-order valence-corrected chi connectivity index (χ4v) is 3.69. The topological polar surface area (TPSA) is 75.0 Å². The third kappa shape index (κ3) is 2.89. The summed E-state index contributed by atoms with van der Waals surface area (Å²) < 4.78 is 6.03. The Kier molecular flexibility index (Phi) is 4.26. The van der Waals surface area contributed by atoms with Crippen LogP contribution >= 0.6 is 0 Å². The molecule has 3 aromatic rings. The van der Waals surface area contributed by atoms with Crippen LogP contribution in [0.3, 0.4) is 0 Å². The number of amides is 1. The third-order valence-electron chi connectivity index (χ3n) is 5.24. The van der Waals surface area contributed by atoms with Gasteiger partial charge in [0.1, 0.15) is 5.52 Å². The number of fused-ring (bicyclic) bond motifs is 1. The van der Waals surface area contributed by atoms with Crippen LogP contribution in [0.25, 0.3) is 11.1 Å². The number of nitrogens with zero attached hydrogens (tertiary/aromatic N) is 3. The number of aromatic amines is 1. The predicted molar refractivity (Wildman–Crippen MR) is 99.3 cm³/mol. The maximum atomic E-state index is 12.8. The SMILES string of the molecule is Cc1cccc2nc(C3CCN(C(=O)c4cn[nH]c4C(C)C)CC3)oc12. The lowest BCUT2D eigenvalue weighted by atomic mass is 9.96. The predicted octanol–water partition coefficient (Wildman–Crippen LogP) is 4.00. The molecule has 1 fully saturated rings. The first-order valence-electron chi connectivity index (χ1n) is 9.23. The van der Waals surface area contributed by atoms with Crippen LogP contribution in [0.4, 0.5) is 0 Å². The Labute approximate surface area is 152 Å². The molecule has 4 rings (SSSR count). The van der Waals surface area contributed by atoms with E-state index < -0.39 is 0 Å². The number of oxazole rings is 1. The lowest BCUT2D eigenvalue weighted by Crippen LogP contribution is -2.38. The van der Waals surface area contributed by atoms with Gasteiger partial charge >= 0.3 is 0 Å². The summed E-state index contributed by atoms with van der Waals surface area (Å²) in [5.41, 5.74) is 4.50. The number of H-pyrrole nitrogens is 1. The summed E-state index contributed by atoms with van der Waals surface area (Å²) in [7, 11) is 0. The molecular formula is C20H24N4O2. The lowest BCUT2D eigenvalue weighted by Gasteiger charge is -2.30. The van der Waals surface area contributed by atoms with Crippen molar-refractivity contribution in [1.82, 2.24) is 20.1 Å². The molecule has 0 radical (unpaired) electrons. The summed E-state index contributed by atoms with van der Waals surface area (Å²) in [6.07, 6.45) is 3.38. The summed E-state index contributed by atoms with van der Waals surface area (Å²) in [4.78, 5) is 19.4. The minimum absolute atomic E-state index is 0.0642. The van der Waals surface area contributed by atoms with E-state index in [2.05, 4.69) is 29.0 Å². The number of hydrogen-bond acceptors (Lipinski definition) is 4. The van der Waals surface area contributed by atoms with Gasteiger partial charge in [0.25, 0.3) is 5.91 Å². The average Bonchev–Trinajstić information content (AvgIpc) is 3.29. The molecule has 26 heavy (non-hydrogen) atoms. The van der Waals surface area contributed by atoms with E-state index in [9.17, 15) is 4.79 Å². The first-order chi connectivity index (χ1) is 12.5. The molecule has 136 valence electrons. The monoisotopic (exact) mass is 352 g/mol. The number of rotatable bonds is 3. The second-order valence-corrected chi connectivity index (χ2v) is 7.39. The van der Waals surface area contributed by atoms with Crippen molar-refractivity contribution < 1.29 is 9.21 Å². The molecule has 0 atom stereocenters. The van der Waals surface area contributed by atoms with E-state index in [4.69, 9.17) is 4.42 Å². The van der Waals surface area contributed by atoms with E-state index in [0.29, 0.717) is 18.7 Å². The zero-order chi connectivity index (χ0) is 18.3. The molecule has 0 aliphatic carbocycles. The number of nitrogens with one attached hydrogen (secondary N) is 1. The Morgan fingerprint density at radius 2 is 2.08 bits per heavy atom. The molecule has 2 aromatic heterocycles. The molecule has 0 spiro atoms. The van der Waals surface area contributed by atoms with Crippen molar-refractivity contribution in [3.05, 3.63) is 47.1 Å². The summed E-state index contributed by atoms with van der Waals surface area (Å²) in [6.45, 7) is 7.58. The highest BCUT2D eigenvalue weighted by atomic mass is 16.3. The Hall–Kier alpha value is -2.63. The fraction of sp³-hybridized carbons (Fsp3) is 0.450. The van der Waals surface area contributed by atoms with E-state index >= 15 is 0 Å². The van der Waals surface area contributed by atoms with Gasteiger partial charge in [-0.15, -0.1) is 0 Å². The number of likely N-dealkylation sites (tertiary alicyclic amines) is 1. The van der Waals surface area contributed by atoms with Gasteiger partial charge in [0.15, 0.2) is 11.5 Å². The first-order valence-corrected chi connectivity index (χ1v) is 9.23. The number of aromatic nitrogens is 3. The van der Waals surface area contributed by atoms with Crippen molar-refractivity contribution in [2.75, 3.05) is 13.1 Å².